The number of aryl methyl sites for hydroxylation is 1. The lowest BCUT2D eigenvalue weighted by atomic mass is 10.0. The molecule has 0 amide bonds. The van der Waals surface area contributed by atoms with Crippen LogP contribution in [0.1, 0.15) is 21.5 Å². The number of phenols is 1. The summed E-state index contributed by atoms with van der Waals surface area (Å²) in [6, 6.07) is 10.3. The van der Waals surface area contributed by atoms with Gasteiger partial charge in [-0.2, -0.15) is 0 Å². The van der Waals surface area contributed by atoms with E-state index in [4.69, 9.17) is 0 Å². The van der Waals surface area contributed by atoms with Gasteiger partial charge in [-0.15, -0.1) is 0 Å². The van der Waals surface area contributed by atoms with Crippen LogP contribution in [0.4, 0.5) is 4.39 Å². The highest BCUT2D eigenvalue weighted by atomic mass is 19.1. The second-order valence-electron chi connectivity index (χ2n) is 3.81. The van der Waals surface area contributed by atoms with Crippen LogP contribution >= 0.6 is 0 Å². The SMILES string of the molecule is Cc1ccc(C(=O)c2ccccc2F)cc1O. The summed E-state index contributed by atoms with van der Waals surface area (Å²) in [6.45, 7) is 1.73. The number of hydrogen-bond donors (Lipinski definition) is 1. The Bertz CT molecular complexity index is 576. The maximum absolute atomic E-state index is 13.4. The highest BCUT2D eigenvalue weighted by molar-refractivity contribution is 6.09. The molecule has 0 unspecified atom stereocenters. The largest absolute Gasteiger partial charge is 0.508 e. The zero-order valence-corrected chi connectivity index (χ0v) is 9.27. The fourth-order valence-electron chi connectivity index (χ4n) is 1.55. The molecule has 0 atom stereocenters. The first-order chi connectivity index (χ1) is 8.09. The highest BCUT2D eigenvalue weighted by Crippen LogP contribution is 2.20. The summed E-state index contributed by atoms with van der Waals surface area (Å²) in [4.78, 5) is 12.0. The number of phenolic OH excluding ortho intramolecular Hbond substituents is 1. The first-order valence-corrected chi connectivity index (χ1v) is 5.18. The summed E-state index contributed by atoms with van der Waals surface area (Å²) in [5.74, 6) is -0.955. The molecule has 2 rings (SSSR count). The minimum atomic E-state index is -0.558. The van der Waals surface area contributed by atoms with Crippen molar-refractivity contribution in [2.24, 2.45) is 0 Å². The molecule has 1 N–H and O–H groups in total. The normalized spacial score (nSPS) is 10.2. The number of aromatic hydroxyl groups is 1. The van der Waals surface area contributed by atoms with E-state index in [1.54, 1.807) is 25.1 Å². The molecule has 0 aromatic heterocycles. The molecule has 0 aliphatic rings. The van der Waals surface area contributed by atoms with Crippen LogP contribution in [0, 0.1) is 12.7 Å². The standard InChI is InChI=1S/C14H11FO2/c1-9-6-7-10(8-13(9)16)14(17)11-4-2-3-5-12(11)15/h2-8,16H,1H3. The summed E-state index contributed by atoms with van der Waals surface area (Å²) in [5, 5.41) is 9.52. The van der Waals surface area contributed by atoms with Crippen LogP contribution in [0.15, 0.2) is 42.5 Å². The van der Waals surface area contributed by atoms with E-state index in [1.807, 2.05) is 0 Å². The zero-order chi connectivity index (χ0) is 12.4. The minimum absolute atomic E-state index is 0.00996. The molecule has 2 aromatic rings. The summed E-state index contributed by atoms with van der Waals surface area (Å²) < 4.78 is 13.4. The van der Waals surface area contributed by atoms with Gasteiger partial charge in [-0.05, 0) is 30.7 Å². The lowest BCUT2D eigenvalue weighted by molar-refractivity contribution is 0.103. The van der Waals surface area contributed by atoms with Crippen molar-refractivity contribution in [1.29, 1.82) is 0 Å². The van der Waals surface area contributed by atoms with Crippen molar-refractivity contribution in [1.82, 2.24) is 0 Å². The van der Waals surface area contributed by atoms with Gasteiger partial charge in [0.05, 0.1) is 5.56 Å². The van der Waals surface area contributed by atoms with Gasteiger partial charge in [0.25, 0.3) is 0 Å². The average molecular weight is 230 g/mol. The summed E-state index contributed by atoms with van der Waals surface area (Å²) in [5.41, 5.74) is 0.962. The lowest BCUT2D eigenvalue weighted by Gasteiger charge is -2.04. The van der Waals surface area contributed by atoms with Crippen LogP contribution in [0.2, 0.25) is 0 Å². The Morgan fingerprint density at radius 1 is 1.18 bits per heavy atom. The summed E-state index contributed by atoms with van der Waals surface area (Å²) in [7, 11) is 0. The van der Waals surface area contributed by atoms with Gasteiger partial charge in [0.1, 0.15) is 11.6 Å². The number of rotatable bonds is 2. The molecule has 0 saturated carbocycles. The molecule has 0 bridgehead atoms. The van der Waals surface area contributed by atoms with Gasteiger partial charge in [-0.25, -0.2) is 4.39 Å². The van der Waals surface area contributed by atoms with Crippen LogP contribution in [-0.4, -0.2) is 10.9 Å². The first kappa shape index (κ1) is 11.3. The van der Waals surface area contributed by atoms with Gasteiger partial charge in [0.2, 0.25) is 0 Å². The Hall–Kier alpha value is -2.16. The van der Waals surface area contributed by atoms with Gasteiger partial charge >= 0.3 is 0 Å². The van der Waals surface area contributed by atoms with E-state index in [0.29, 0.717) is 5.56 Å². The van der Waals surface area contributed by atoms with E-state index < -0.39 is 11.6 Å². The van der Waals surface area contributed by atoms with Crippen molar-refractivity contribution >= 4 is 5.78 Å². The summed E-state index contributed by atoms with van der Waals surface area (Å²) >= 11 is 0. The molecule has 2 nitrogen and oxygen atoms in total. The molecule has 86 valence electrons. The molecule has 0 saturated heterocycles. The number of ketones is 1. The molecule has 2 aromatic carbocycles. The molecular weight excluding hydrogens is 219 g/mol. The smallest absolute Gasteiger partial charge is 0.196 e. The van der Waals surface area contributed by atoms with Crippen molar-refractivity contribution in [2.45, 2.75) is 6.92 Å². The second-order valence-corrected chi connectivity index (χ2v) is 3.81. The minimum Gasteiger partial charge on any atom is -0.508 e. The fourth-order valence-corrected chi connectivity index (χ4v) is 1.55. The van der Waals surface area contributed by atoms with Crippen molar-refractivity contribution < 1.29 is 14.3 Å². The van der Waals surface area contributed by atoms with Crippen molar-refractivity contribution in [2.75, 3.05) is 0 Å². The molecule has 3 heteroatoms. The van der Waals surface area contributed by atoms with Crippen molar-refractivity contribution in [3.63, 3.8) is 0 Å². The molecule has 0 radical (unpaired) electrons. The molecule has 0 heterocycles. The number of halogens is 1. The van der Waals surface area contributed by atoms with Crippen LogP contribution in [0.25, 0.3) is 0 Å². The first-order valence-electron chi connectivity index (χ1n) is 5.18. The Labute approximate surface area is 98.3 Å². The van der Waals surface area contributed by atoms with E-state index in [2.05, 4.69) is 0 Å². The van der Waals surface area contributed by atoms with Gasteiger partial charge in [0.15, 0.2) is 5.78 Å². The van der Waals surface area contributed by atoms with E-state index in [1.165, 1.54) is 24.3 Å². The van der Waals surface area contributed by atoms with Crippen molar-refractivity contribution in [3.05, 3.63) is 65.0 Å². The third kappa shape index (κ3) is 2.18. The Morgan fingerprint density at radius 3 is 2.53 bits per heavy atom. The maximum Gasteiger partial charge on any atom is 0.196 e. The lowest BCUT2D eigenvalue weighted by Crippen LogP contribution is -2.03. The topological polar surface area (TPSA) is 37.3 Å². The van der Waals surface area contributed by atoms with Gasteiger partial charge < -0.3 is 5.11 Å². The van der Waals surface area contributed by atoms with E-state index in [9.17, 15) is 14.3 Å². The summed E-state index contributed by atoms with van der Waals surface area (Å²) in [6.07, 6.45) is 0. The zero-order valence-electron chi connectivity index (χ0n) is 9.27. The number of hydrogen-bond acceptors (Lipinski definition) is 2. The van der Waals surface area contributed by atoms with Crippen LogP contribution < -0.4 is 0 Å². The fraction of sp³-hybridized carbons (Fsp3) is 0.0714. The third-order valence-electron chi connectivity index (χ3n) is 2.59. The predicted molar refractivity (Wildman–Crippen MR) is 62.7 cm³/mol. The van der Waals surface area contributed by atoms with Gasteiger partial charge in [-0.3, -0.25) is 4.79 Å². The predicted octanol–water partition coefficient (Wildman–Crippen LogP) is 3.07. The molecule has 0 spiro atoms. The highest BCUT2D eigenvalue weighted by Gasteiger charge is 2.14. The Morgan fingerprint density at radius 2 is 1.88 bits per heavy atom. The van der Waals surface area contributed by atoms with E-state index in [0.717, 1.165) is 0 Å². The van der Waals surface area contributed by atoms with Gasteiger partial charge in [-0.1, -0.05) is 24.3 Å². The van der Waals surface area contributed by atoms with Gasteiger partial charge in [0, 0.05) is 5.56 Å². The molecular formula is C14H11FO2. The molecule has 0 aliphatic carbocycles. The van der Waals surface area contributed by atoms with E-state index >= 15 is 0 Å². The maximum atomic E-state index is 13.4. The Balaban J connectivity index is 2.44. The number of carbonyl (C=O) groups is 1. The molecule has 0 fully saturated rings. The quantitative estimate of drug-likeness (QED) is 0.805. The molecule has 0 aliphatic heterocycles. The molecule has 17 heavy (non-hydrogen) atoms. The van der Waals surface area contributed by atoms with Crippen LogP contribution in [-0.2, 0) is 0 Å². The number of benzene rings is 2. The second kappa shape index (κ2) is 4.37. The van der Waals surface area contributed by atoms with Crippen LogP contribution in [0.5, 0.6) is 5.75 Å². The van der Waals surface area contributed by atoms with Crippen molar-refractivity contribution in [3.8, 4) is 5.75 Å². The van der Waals surface area contributed by atoms with Crippen LogP contribution in [0.3, 0.4) is 0 Å². The number of carbonyl (C=O) groups excluding carboxylic acids is 1. The van der Waals surface area contributed by atoms with E-state index in [-0.39, 0.29) is 16.9 Å². The Kier molecular flexibility index (Phi) is 2.91. The average Bonchev–Trinajstić information content (AvgIpc) is 2.32. The third-order valence-corrected chi connectivity index (χ3v) is 2.59. The monoisotopic (exact) mass is 230 g/mol.